The normalized spacial score (nSPS) is 12.5. The smallest absolute Gasteiger partial charge is 0.283 e. The number of nitrogens with one attached hydrogen (secondary N) is 2. The third-order valence-corrected chi connectivity index (χ3v) is 2.16. The monoisotopic (exact) mass is 305 g/mol. The molecule has 1 aromatic rings. The third-order valence-electron chi connectivity index (χ3n) is 1.97. The number of hydrazone groups is 1. The number of halogens is 3. The fourth-order valence-electron chi connectivity index (χ4n) is 1.04. The van der Waals surface area contributed by atoms with E-state index in [2.05, 4.69) is 20.8 Å². The van der Waals surface area contributed by atoms with E-state index >= 15 is 0 Å². The van der Waals surface area contributed by atoms with Crippen LogP contribution >= 0.6 is 12.2 Å². The van der Waals surface area contributed by atoms with Crippen molar-refractivity contribution in [3.8, 4) is 0 Å². The van der Waals surface area contributed by atoms with Gasteiger partial charge in [-0.1, -0.05) is 6.08 Å². The standard InChI is InChI=1S/C10H10F3N5OS/c1-2-7(10(11,12)13)5-15-17-8(20)16-9(19)18-4-3-14-6-18/h2-6H,1H3,(H2,16,17,19,20)/b7-2+,15-5-. The fourth-order valence-corrected chi connectivity index (χ4v) is 1.18. The summed E-state index contributed by atoms with van der Waals surface area (Å²) in [5.41, 5.74) is 1.17. The molecular weight excluding hydrogens is 295 g/mol. The predicted octanol–water partition coefficient (Wildman–Crippen LogP) is 1.81. The van der Waals surface area contributed by atoms with Gasteiger partial charge in [0, 0.05) is 12.4 Å². The highest BCUT2D eigenvalue weighted by Gasteiger charge is 2.31. The molecule has 0 radical (unpaired) electrons. The average Bonchev–Trinajstić information content (AvgIpc) is 2.86. The van der Waals surface area contributed by atoms with Crippen molar-refractivity contribution in [2.75, 3.05) is 0 Å². The second-order valence-corrected chi connectivity index (χ2v) is 3.75. The first-order chi connectivity index (χ1) is 9.34. The molecule has 0 aromatic carbocycles. The van der Waals surface area contributed by atoms with Gasteiger partial charge in [-0.2, -0.15) is 18.3 Å². The summed E-state index contributed by atoms with van der Waals surface area (Å²) in [5.74, 6) is 0. The Bertz CT molecular complexity index is 536. The zero-order chi connectivity index (χ0) is 15.2. The van der Waals surface area contributed by atoms with E-state index in [-0.39, 0.29) is 5.11 Å². The van der Waals surface area contributed by atoms with Crippen LogP contribution < -0.4 is 10.7 Å². The molecule has 0 bridgehead atoms. The molecule has 0 aliphatic rings. The van der Waals surface area contributed by atoms with Crippen LogP contribution in [0.1, 0.15) is 6.92 Å². The molecule has 108 valence electrons. The summed E-state index contributed by atoms with van der Waals surface area (Å²) >= 11 is 4.69. The van der Waals surface area contributed by atoms with E-state index in [9.17, 15) is 18.0 Å². The van der Waals surface area contributed by atoms with Crippen molar-refractivity contribution >= 4 is 29.6 Å². The Morgan fingerprint density at radius 3 is 2.70 bits per heavy atom. The fraction of sp³-hybridized carbons (Fsp3) is 0.200. The molecule has 0 fully saturated rings. The number of nitrogens with zero attached hydrogens (tertiary/aromatic N) is 3. The van der Waals surface area contributed by atoms with Crippen molar-refractivity contribution in [2.45, 2.75) is 13.1 Å². The minimum absolute atomic E-state index is 0.238. The van der Waals surface area contributed by atoms with Gasteiger partial charge in [0.15, 0.2) is 5.11 Å². The van der Waals surface area contributed by atoms with E-state index in [1.807, 2.05) is 0 Å². The molecule has 1 rings (SSSR count). The van der Waals surface area contributed by atoms with Crippen LogP contribution in [0.25, 0.3) is 0 Å². The number of hydrogen-bond acceptors (Lipinski definition) is 4. The first kappa shape index (κ1) is 15.8. The van der Waals surface area contributed by atoms with E-state index in [0.717, 1.165) is 10.6 Å². The molecule has 0 saturated carbocycles. The minimum atomic E-state index is -4.50. The maximum atomic E-state index is 12.3. The van der Waals surface area contributed by atoms with Crippen molar-refractivity contribution in [2.24, 2.45) is 5.10 Å². The van der Waals surface area contributed by atoms with Gasteiger partial charge in [-0.25, -0.2) is 9.78 Å². The van der Waals surface area contributed by atoms with Gasteiger partial charge in [-0.05, 0) is 19.1 Å². The summed E-state index contributed by atoms with van der Waals surface area (Å²) < 4.78 is 38.1. The van der Waals surface area contributed by atoms with Crippen molar-refractivity contribution in [1.29, 1.82) is 0 Å². The molecule has 0 spiro atoms. The molecule has 0 aliphatic carbocycles. The SMILES string of the molecule is C/C=C(\C=N/NC(=S)NC(=O)n1ccnc1)C(F)(F)F. The number of amides is 1. The summed E-state index contributed by atoms with van der Waals surface area (Å²) in [6.07, 6.45) is 0.928. The Kier molecular flexibility index (Phi) is 5.38. The Balaban J connectivity index is 2.50. The molecular formula is C10H10F3N5OS. The summed E-state index contributed by atoms with van der Waals surface area (Å²) in [7, 11) is 0. The van der Waals surface area contributed by atoms with Crippen LogP contribution in [0.3, 0.4) is 0 Å². The largest absolute Gasteiger partial charge is 0.417 e. The molecule has 0 aliphatic heterocycles. The lowest BCUT2D eigenvalue weighted by atomic mass is 10.3. The Morgan fingerprint density at radius 1 is 1.50 bits per heavy atom. The van der Waals surface area contributed by atoms with Gasteiger partial charge in [0.2, 0.25) is 0 Å². The predicted molar refractivity (Wildman–Crippen MR) is 70.2 cm³/mol. The summed E-state index contributed by atoms with van der Waals surface area (Å²) in [5, 5.41) is 5.26. The van der Waals surface area contributed by atoms with Crippen LogP contribution in [0.15, 0.2) is 35.5 Å². The Labute approximate surface area is 117 Å². The number of rotatable bonds is 2. The van der Waals surface area contributed by atoms with E-state index in [1.165, 1.54) is 25.6 Å². The van der Waals surface area contributed by atoms with Gasteiger partial charge >= 0.3 is 12.2 Å². The number of imidazole rings is 1. The van der Waals surface area contributed by atoms with Gasteiger partial charge in [0.25, 0.3) is 0 Å². The number of carbonyl (C=O) groups is 1. The second-order valence-electron chi connectivity index (χ2n) is 3.34. The number of alkyl halides is 3. The second kappa shape index (κ2) is 6.80. The van der Waals surface area contributed by atoms with Crippen LogP contribution in [-0.4, -0.2) is 33.1 Å². The van der Waals surface area contributed by atoms with Gasteiger partial charge in [-0.15, -0.1) is 0 Å². The first-order valence-corrected chi connectivity index (χ1v) is 5.61. The third kappa shape index (κ3) is 4.80. The van der Waals surface area contributed by atoms with E-state index in [4.69, 9.17) is 12.2 Å². The highest BCUT2D eigenvalue weighted by Crippen LogP contribution is 2.23. The maximum absolute atomic E-state index is 12.3. The zero-order valence-electron chi connectivity index (χ0n) is 10.2. The molecule has 1 heterocycles. The highest BCUT2D eigenvalue weighted by atomic mass is 32.1. The summed E-state index contributed by atoms with van der Waals surface area (Å²) in [4.78, 5) is 15.1. The maximum Gasteiger partial charge on any atom is 0.417 e. The van der Waals surface area contributed by atoms with Gasteiger partial charge in [0.1, 0.15) is 6.33 Å². The lowest BCUT2D eigenvalue weighted by molar-refractivity contribution is -0.0857. The molecule has 1 aromatic heterocycles. The Hall–Kier alpha value is -2.23. The van der Waals surface area contributed by atoms with E-state index < -0.39 is 17.8 Å². The Morgan fingerprint density at radius 2 is 2.20 bits per heavy atom. The average molecular weight is 305 g/mol. The lowest BCUT2D eigenvalue weighted by Gasteiger charge is -2.07. The molecule has 10 heteroatoms. The quantitative estimate of drug-likeness (QED) is 0.496. The van der Waals surface area contributed by atoms with Crippen LogP contribution in [0.4, 0.5) is 18.0 Å². The van der Waals surface area contributed by atoms with Gasteiger partial charge in [-0.3, -0.25) is 15.3 Å². The molecule has 0 atom stereocenters. The summed E-state index contributed by atoms with van der Waals surface area (Å²) in [6.45, 7) is 1.23. The highest BCUT2D eigenvalue weighted by molar-refractivity contribution is 7.80. The van der Waals surface area contributed by atoms with Gasteiger partial charge in [0.05, 0.1) is 11.8 Å². The van der Waals surface area contributed by atoms with Crippen molar-refractivity contribution in [3.63, 3.8) is 0 Å². The van der Waals surface area contributed by atoms with E-state index in [0.29, 0.717) is 6.21 Å². The first-order valence-electron chi connectivity index (χ1n) is 5.20. The van der Waals surface area contributed by atoms with E-state index in [1.54, 1.807) is 0 Å². The van der Waals surface area contributed by atoms with Crippen molar-refractivity contribution in [1.82, 2.24) is 20.3 Å². The number of hydrogen-bond donors (Lipinski definition) is 2. The number of carbonyl (C=O) groups excluding carboxylic acids is 1. The molecule has 2 N–H and O–H groups in total. The minimum Gasteiger partial charge on any atom is -0.283 e. The number of thiocarbonyl (C=S) groups is 1. The van der Waals surface area contributed by atoms with Crippen LogP contribution in [0.5, 0.6) is 0 Å². The summed E-state index contributed by atoms with van der Waals surface area (Å²) in [6, 6.07) is -0.614. The molecule has 20 heavy (non-hydrogen) atoms. The van der Waals surface area contributed by atoms with Crippen molar-refractivity contribution < 1.29 is 18.0 Å². The number of allylic oxidation sites excluding steroid dienone is 2. The number of aromatic nitrogens is 2. The topological polar surface area (TPSA) is 71.3 Å². The molecule has 1 amide bonds. The van der Waals surface area contributed by atoms with Crippen LogP contribution in [0, 0.1) is 0 Å². The molecule has 6 nitrogen and oxygen atoms in total. The molecule has 0 saturated heterocycles. The van der Waals surface area contributed by atoms with Crippen molar-refractivity contribution in [3.05, 3.63) is 30.4 Å². The van der Waals surface area contributed by atoms with Crippen LogP contribution in [-0.2, 0) is 0 Å². The molecule has 0 unspecified atom stereocenters. The van der Waals surface area contributed by atoms with Crippen LogP contribution in [0.2, 0.25) is 0 Å². The van der Waals surface area contributed by atoms with Gasteiger partial charge < -0.3 is 0 Å². The lowest BCUT2D eigenvalue weighted by Crippen LogP contribution is -2.39. The zero-order valence-corrected chi connectivity index (χ0v) is 11.0.